The predicted octanol–water partition coefficient (Wildman–Crippen LogP) is 1.12. The molecule has 1 N–H and O–H groups in total. The van der Waals surface area contributed by atoms with Crippen LogP contribution in [0.15, 0.2) is 35.2 Å². The molecule has 3 nitrogen and oxygen atoms in total. The van der Waals surface area contributed by atoms with E-state index in [1.165, 1.54) is 0 Å². The number of benzene rings is 1. The van der Waals surface area contributed by atoms with Crippen LogP contribution in [-0.2, 0) is 6.91 Å². The third-order valence-corrected chi connectivity index (χ3v) is 2.88. The second-order valence-corrected chi connectivity index (χ2v) is 4.43. The van der Waals surface area contributed by atoms with E-state index in [4.69, 9.17) is 4.10 Å². The second kappa shape index (κ2) is 4.67. The molecule has 0 heterocycles. The molecule has 0 aliphatic rings. The molecule has 0 aliphatic heterocycles. The third-order valence-electron chi connectivity index (χ3n) is 0.940. The van der Waals surface area contributed by atoms with Crippen LogP contribution in [-0.4, -0.2) is 19.4 Å². The van der Waals surface area contributed by atoms with E-state index in [0.29, 0.717) is 0 Å². The molecule has 0 spiro atoms. The van der Waals surface area contributed by atoms with Crippen LogP contribution in [0.1, 0.15) is 0 Å². The summed E-state index contributed by atoms with van der Waals surface area (Å²) in [5.74, 6) is 0. The summed E-state index contributed by atoms with van der Waals surface area (Å²) in [6, 6.07) is 9.16. The van der Waals surface area contributed by atoms with Gasteiger partial charge in [0.2, 0.25) is 0 Å². The zero-order valence-corrected chi connectivity index (χ0v) is 8.20. The van der Waals surface area contributed by atoms with E-state index in [0.717, 1.165) is 16.9 Å². The fraction of sp³-hybridized carbons (Fsp3) is 0. The molecule has 1 radical (unpaired) electrons. The molecule has 5 heteroatoms. The van der Waals surface area contributed by atoms with Gasteiger partial charge < -0.3 is 0 Å². The Balaban J connectivity index is 2.45. The van der Waals surface area contributed by atoms with Gasteiger partial charge in [0, 0.05) is 0 Å². The molecular formula is C6H6AsO3S. The summed E-state index contributed by atoms with van der Waals surface area (Å²) in [4.78, 5) is 0.830. The van der Waals surface area contributed by atoms with Gasteiger partial charge in [0.05, 0.1) is 0 Å². The van der Waals surface area contributed by atoms with Crippen molar-refractivity contribution in [1.82, 2.24) is 0 Å². The topological polar surface area (TPSA) is 46.5 Å². The summed E-state index contributed by atoms with van der Waals surface area (Å²) in [6.07, 6.45) is 0. The Kier molecular flexibility index (Phi) is 3.80. The second-order valence-electron chi connectivity index (χ2n) is 1.71. The average molecular weight is 233 g/mol. The molecule has 59 valence electrons. The average Bonchev–Trinajstić information content (AvgIpc) is 2.03. The molecule has 0 saturated carbocycles. The Bertz CT molecular complexity index is 239. The molecule has 1 atom stereocenters. The van der Waals surface area contributed by atoms with Crippen LogP contribution < -0.4 is 0 Å². The van der Waals surface area contributed by atoms with E-state index in [1.54, 1.807) is 0 Å². The summed E-state index contributed by atoms with van der Waals surface area (Å²) in [6.45, 7) is 0. The van der Waals surface area contributed by atoms with Crippen LogP contribution in [0.5, 0.6) is 0 Å². The monoisotopic (exact) mass is 233 g/mol. The summed E-state index contributed by atoms with van der Waals surface area (Å²) >= 11 is -2.25. The Morgan fingerprint density at radius 3 is 2.55 bits per heavy atom. The molecule has 0 saturated heterocycles. The van der Waals surface area contributed by atoms with Gasteiger partial charge in [-0.15, -0.1) is 0 Å². The van der Waals surface area contributed by atoms with Gasteiger partial charge in [-0.2, -0.15) is 0 Å². The maximum absolute atomic E-state index is 10.2. The molecule has 1 aromatic carbocycles. The van der Waals surface area contributed by atoms with Gasteiger partial charge in [-0.05, 0) is 0 Å². The van der Waals surface area contributed by atoms with Crippen molar-refractivity contribution in [3.63, 3.8) is 0 Å². The van der Waals surface area contributed by atoms with Crippen molar-refractivity contribution in [3.05, 3.63) is 30.3 Å². The Morgan fingerprint density at radius 1 is 1.36 bits per heavy atom. The van der Waals surface area contributed by atoms with Crippen LogP contribution in [0.25, 0.3) is 0 Å². The van der Waals surface area contributed by atoms with Gasteiger partial charge in [0.1, 0.15) is 0 Å². The van der Waals surface area contributed by atoms with E-state index in [2.05, 4.69) is 3.17 Å². The Morgan fingerprint density at radius 2 is 2.00 bits per heavy atom. The molecule has 0 amide bonds. The molecule has 11 heavy (non-hydrogen) atoms. The summed E-state index contributed by atoms with van der Waals surface area (Å²) in [7, 11) is 0. The van der Waals surface area contributed by atoms with Crippen LogP contribution in [0.3, 0.4) is 0 Å². The van der Waals surface area contributed by atoms with Gasteiger partial charge in [-0.25, -0.2) is 0 Å². The van der Waals surface area contributed by atoms with Gasteiger partial charge in [-0.1, -0.05) is 0 Å². The SMILES string of the molecule is O=[As](O)OSc1ccccc1. The molecule has 1 aromatic rings. The van der Waals surface area contributed by atoms with E-state index in [1.807, 2.05) is 30.3 Å². The van der Waals surface area contributed by atoms with Crippen molar-refractivity contribution in [2.75, 3.05) is 0 Å². The first-order valence-corrected chi connectivity index (χ1v) is 5.96. The van der Waals surface area contributed by atoms with Crippen molar-refractivity contribution >= 4 is 27.3 Å². The standard InChI is InChI=1S/C6H6AsO3S/c8-7(9)10-11-6-4-2-1-3-5-6/h1-5H,(H,8,9). The number of rotatable bonds is 3. The fourth-order valence-electron chi connectivity index (χ4n) is 0.551. The van der Waals surface area contributed by atoms with Crippen molar-refractivity contribution in [2.45, 2.75) is 4.90 Å². The molecule has 1 unspecified atom stereocenters. The van der Waals surface area contributed by atoms with Crippen molar-refractivity contribution in [3.8, 4) is 0 Å². The van der Waals surface area contributed by atoms with Crippen LogP contribution in [0, 0.1) is 0 Å². The zero-order valence-electron chi connectivity index (χ0n) is 5.51. The van der Waals surface area contributed by atoms with Crippen LogP contribution >= 0.6 is 12.0 Å². The first-order valence-electron chi connectivity index (χ1n) is 2.85. The maximum atomic E-state index is 10.2. The number of hydrogen-bond donors (Lipinski definition) is 1. The molecule has 0 aliphatic carbocycles. The molecule has 0 bridgehead atoms. The van der Waals surface area contributed by atoms with Gasteiger partial charge >= 0.3 is 73.6 Å². The molecule has 1 rings (SSSR count). The first kappa shape index (κ1) is 8.94. The van der Waals surface area contributed by atoms with Crippen molar-refractivity contribution < 1.29 is 11.0 Å². The minimum atomic E-state index is -3.19. The van der Waals surface area contributed by atoms with E-state index in [-0.39, 0.29) is 0 Å². The van der Waals surface area contributed by atoms with E-state index >= 15 is 0 Å². The van der Waals surface area contributed by atoms with Crippen LogP contribution in [0.4, 0.5) is 0 Å². The fourth-order valence-corrected chi connectivity index (χ4v) is 1.91. The van der Waals surface area contributed by atoms with Crippen molar-refractivity contribution in [2.24, 2.45) is 0 Å². The van der Waals surface area contributed by atoms with Gasteiger partial charge in [-0.3, -0.25) is 0 Å². The van der Waals surface area contributed by atoms with E-state index < -0.39 is 15.3 Å². The number of hydrogen-bond acceptors (Lipinski definition) is 3. The first-order chi connectivity index (χ1) is 5.29. The minimum absolute atomic E-state index is 0.830. The summed E-state index contributed by atoms with van der Waals surface area (Å²) in [5, 5.41) is 0. The quantitative estimate of drug-likeness (QED) is 0.627. The third kappa shape index (κ3) is 3.67. The summed E-state index contributed by atoms with van der Waals surface area (Å²) in [5.41, 5.74) is 0. The Labute approximate surface area is 73.8 Å². The zero-order chi connectivity index (χ0) is 8.10. The van der Waals surface area contributed by atoms with Gasteiger partial charge in [0.15, 0.2) is 0 Å². The molecule has 0 fully saturated rings. The molecular weight excluding hydrogens is 227 g/mol. The van der Waals surface area contributed by atoms with Crippen molar-refractivity contribution in [1.29, 1.82) is 0 Å². The Hall–Kier alpha value is -0.152. The molecule has 0 aromatic heterocycles. The van der Waals surface area contributed by atoms with E-state index in [9.17, 15) is 3.74 Å². The van der Waals surface area contributed by atoms with Gasteiger partial charge in [0.25, 0.3) is 0 Å². The summed E-state index contributed by atoms with van der Waals surface area (Å²) < 4.78 is 23.0. The van der Waals surface area contributed by atoms with Crippen LogP contribution in [0.2, 0.25) is 0 Å². The predicted molar refractivity (Wildman–Crippen MR) is 42.0 cm³/mol. The normalized spacial score (nSPS) is 11.2.